The number of anilines is 1. The van der Waals surface area contributed by atoms with E-state index in [1.807, 2.05) is 4.57 Å². The van der Waals surface area contributed by atoms with Crippen molar-refractivity contribution >= 4 is 17.3 Å². The van der Waals surface area contributed by atoms with Crippen LogP contribution in [-0.4, -0.2) is 9.55 Å². The molecule has 0 unspecified atom stereocenters. The van der Waals surface area contributed by atoms with Crippen LogP contribution in [0.5, 0.6) is 0 Å². The first-order chi connectivity index (χ1) is 9.02. The van der Waals surface area contributed by atoms with Gasteiger partial charge in [-0.1, -0.05) is 25.4 Å². The highest BCUT2D eigenvalue weighted by molar-refractivity contribution is 6.31. The number of nitrogens with zero attached hydrogens (tertiary/aromatic N) is 3. The molecule has 0 saturated carbocycles. The summed E-state index contributed by atoms with van der Waals surface area (Å²) in [7, 11) is 0. The van der Waals surface area contributed by atoms with Crippen molar-refractivity contribution in [2.24, 2.45) is 5.92 Å². The third-order valence-electron chi connectivity index (χ3n) is 2.78. The van der Waals surface area contributed by atoms with E-state index in [-0.39, 0.29) is 0 Å². The molecule has 0 spiro atoms. The Morgan fingerprint density at radius 3 is 2.84 bits per heavy atom. The summed E-state index contributed by atoms with van der Waals surface area (Å²) in [5, 5.41) is 9.78. The lowest BCUT2D eigenvalue weighted by Gasteiger charge is -2.13. The van der Waals surface area contributed by atoms with Crippen LogP contribution in [0.1, 0.15) is 19.5 Å². The van der Waals surface area contributed by atoms with Crippen molar-refractivity contribution in [1.29, 1.82) is 5.26 Å². The number of hydrogen-bond donors (Lipinski definition) is 1. The van der Waals surface area contributed by atoms with Gasteiger partial charge in [0.05, 0.1) is 12.0 Å². The van der Waals surface area contributed by atoms with Gasteiger partial charge in [0.1, 0.15) is 6.07 Å². The molecule has 4 nitrogen and oxygen atoms in total. The van der Waals surface area contributed by atoms with Gasteiger partial charge in [0.2, 0.25) is 0 Å². The van der Waals surface area contributed by atoms with Crippen molar-refractivity contribution in [3.63, 3.8) is 0 Å². The molecule has 1 heterocycles. The van der Waals surface area contributed by atoms with Gasteiger partial charge in [-0.25, -0.2) is 4.98 Å². The number of aromatic nitrogens is 2. The Morgan fingerprint density at radius 1 is 1.47 bits per heavy atom. The summed E-state index contributed by atoms with van der Waals surface area (Å²) in [6.45, 7) is 4.99. The van der Waals surface area contributed by atoms with E-state index in [0.29, 0.717) is 22.3 Å². The second-order valence-corrected chi connectivity index (χ2v) is 5.27. The molecule has 1 aromatic heterocycles. The maximum absolute atomic E-state index is 9.19. The van der Waals surface area contributed by atoms with Crippen molar-refractivity contribution in [3.8, 4) is 17.3 Å². The lowest BCUT2D eigenvalue weighted by Crippen LogP contribution is -2.06. The summed E-state index contributed by atoms with van der Waals surface area (Å²) < 4.78 is 1.95. The average Bonchev–Trinajstić information content (AvgIpc) is 2.74. The molecule has 0 bridgehead atoms. The Morgan fingerprint density at radius 2 is 2.21 bits per heavy atom. The number of nitrogens with two attached hydrogens (primary N) is 1. The number of halogens is 1. The minimum Gasteiger partial charge on any atom is -0.398 e. The molecular formula is C14H15ClN4. The number of nitriles is 1. The maximum atomic E-state index is 9.19. The van der Waals surface area contributed by atoms with Gasteiger partial charge in [-0.05, 0) is 24.1 Å². The van der Waals surface area contributed by atoms with Crippen molar-refractivity contribution in [1.82, 2.24) is 9.55 Å². The van der Waals surface area contributed by atoms with E-state index in [1.54, 1.807) is 24.5 Å². The normalized spacial score (nSPS) is 10.7. The number of rotatable bonds is 3. The summed E-state index contributed by atoms with van der Waals surface area (Å²) in [5.41, 5.74) is 8.44. The first-order valence-electron chi connectivity index (χ1n) is 6.03. The zero-order valence-electron chi connectivity index (χ0n) is 10.9. The van der Waals surface area contributed by atoms with Crippen LogP contribution in [0, 0.1) is 17.2 Å². The van der Waals surface area contributed by atoms with Crippen LogP contribution in [-0.2, 0) is 6.54 Å². The fourth-order valence-electron chi connectivity index (χ4n) is 2.01. The first kappa shape index (κ1) is 13.4. The van der Waals surface area contributed by atoms with Crippen LogP contribution in [0.25, 0.3) is 11.3 Å². The molecule has 0 saturated heterocycles. The number of imidazole rings is 1. The number of nitrogen functional groups attached to an aromatic ring is 1. The molecular weight excluding hydrogens is 260 g/mol. The average molecular weight is 275 g/mol. The lowest BCUT2D eigenvalue weighted by atomic mass is 10.1. The van der Waals surface area contributed by atoms with Gasteiger partial charge < -0.3 is 10.3 Å². The highest BCUT2D eigenvalue weighted by atomic mass is 35.5. The molecule has 5 heteroatoms. The van der Waals surface area contributed by atoms with Gasteiger partial charge >= 0.3 is 0 Å². The van der Waals surface area contributed by atoms with Crippen LogP contribution >= 0.6 is 11.6 Å². The SMILES string of the molecule is CC(C)Cn1cnc(C#N)c1-c1cc(Cl)ccc1N. The van der Waals surface area contributed by atoms with Crippen LogP contribution in [0.15, 0.2) is 24.5 Å². The summed E-state index contributed by atoms with van der Waals surface area (Å²) in [5.74, 6) is 0.444. The molecule has 19 heavy (non-hydrogen) atoms. The van der Waals surface area contributed by atoms with Gasteiger partial charge in [-0.15, -0.1) is 0 Å². The van der Waals surface area contributed by atoms with Gasteiger partial charge in [0, 0.05) is 22.8 Å². The third kappa shape index (κ3) is 2.72. The van der Waals surface area contributed by atoms with Crippen molar-refractivity contribution < 1.29 is 0 Å². The molecule has 0 radical (unpaired) electrons. The zero-order chi connectivity index (χ0) is 14.0. The Hall–Kier alpha value is -1.99. The monoisotopic (exact) mass is 274 g/mol. The second kappa shape index (κ2) is 5.33. The molecule has 1 aromatic carbocycles. The quantitative estimate of drug-likeness (QED) is 0.873. The highest BCUT2D eigenvalue weighted by Gasteiger charge is 2.16. The predicted molar refractivity (Wildman–Crippen MR) is 76.6 cm³/mol. The number of benzene rings is 1. The molecule has 98 valence electrons. The molecule has 2 rings (SSSR count). The summed E-state index contributed by atoms with van der Waals surface area (Å²) >= 11 is 6.02. The molecule has 0 amide bonds. The maximum Gasteiger partial charge on any atom is 0.166 e. The van der Waals surface area contributed by atoms with E-state index in [4.69, 9.17) is 17.3 Å². The van der Waals surface area contributed by atoms with E-state index >= 15 is 0 Å². The van der Waals surface area contributed by atoms with Crippen molar-refractivity contribution in [2.45, 2.75) is 20.4 Å². The Labute approximate surface area is 117 Å². The minimum absolute atomic E-state index is 0.370. The van der Waals surface area contributed by atoms with Crippen LogP contribution in [0.4, 0.5) is 5.69 Å². The standard InChI is InChI=1S/C14H15ClN4/c1-9(2)7-19-8-18-13(6-16)14(19)11-5-10(15)3-4-12(11)17/h3-5,8-9H,7,17H2,1-2H3. The summed E-state index contributed by atoms with van der Waals surface area (Å²) in [6.07, 6.45) is 1.67. The second-order valence-electron chi connectivity index (χ2n) is 4.83. The Kier molecular flexibility index (Phi) is 3.77. The fraction of sp³-hybridized carbons (Fsp3) is 0.286. The third-order valence-corrected chi connectivity index (χ3v) is 3.01. The Bertz CT molecular complexity index is 637. The molecule has 0 atom stereocenters. The largest absolute Gasteiger partial charge is 0.398 e. The van der Waals surface area contributed by atoms with E-state index in [2.05, 4.69) is 24.9 Å². The van der Waals surface area contributed by atoms with Crippen LogP contribution < -0.4 is 5.73 Å². The van der Waals surface area contributed by atoms with Gasteiger partial charge in [-0.2, -0.15) is 5.26 Å². The number of hydrogen-bond acceptors (Lipinski definition) is 3. The van der Waals surface area contributed by atoms with Crippen molar-refractivity contribution in [2.75, 3.05) is 5.73 Å². The van der Waals surface area contributed by atoms with Gasteiger partial charge in [0.15, 0.2) is 5.69 Å². The molecule has 2 aromatic rings. The highest BCUT2D eigenvalue weighted by Crippen LogP contribution is 2.31. The van der Waals surface area contributed by atoms with Crippen LogP contribution in [0.3, 0.4) is 0 Å². The van der Waals surface area contributed by atoms with Crippen molar-refractivity contribution in [3.05, 3.63) is 35.2 Å². The van der Waals surface area contributed by atoms with Crippen LogP contribution in [0.2, 0.25) is 5.02 Å². The first-order valence-corrected chi connectivity index (χ1v) is 6.41. The van der Waals surface area contributed by atoms with E-state index < -0.39 is 0 Å². The van der Waals surface area contributed by atoms with Gasteiger partial charge in [0.25, 0.3) is 0 Å². The fourth-order valence-corrected chi connectivity index (χ4v) is 2.18. The predicted octanol–water partition coefficient (Wildman–Crippen LogP) is 3.31. The smallest absolute Gasteiger partial charge is 0.166 e. The molecule has 2 N–H and O–H groups in total. The molecule has 0 fully saturated rings. The van der Waals surface area contributed by atoms with E-state index in [1.165, 1.54) is 0 Å². The molecule has 0 aliphatic heterocycles. The zero-order valence-corrected chi connectivity index (χ0v) is 11.6. The summed E-state index contributed by atoms with van der Waals surface area (Å²) in [6, 6.07) is 7.35. The van der Waals surface area contributed by atoms with Gasteiger partial charge in [-0.3, -0.25) is 0 Å². The topological polar surface area (TPSA) is 67.6 Å². The van der Waals surface area contributed by atoms with E-state index in [9.17, 15) is 5.26 Å². The summed E-state index contributed by atoms with van der Waals surface area (Å²) in [4.78, 5) is 4.14. The molecule has 0 aliphatic carbocycles. The molecule has 0 aliphatic rings. The lowest BCUT2D eigenvalue weighted by molar-refractivity contribution is 0.526. The Balaban J connectivity index is 2.62. The van der Waals surface area contributed by atoms with E-state index in [0.717, 1.165) is 17.8 Å². The minimum atomic E-state index is 0.370.